The lowest BCUT2D eigenvalue weighted by molar-refractivity contribution is 0.620. The van der Waals surface area contributed by atoms with Gasteiger partial charge in [0.25, 0.3) is 0 Å². The number of hydrogen-bond donors (Lipinski definition) is 1. The smallest absolute Gasteiger partial charge is 0.139 e. The van der Waals surface area contributed by atoms with Gasteiger partial charge in [0, 0.05) is 18.3 Å². The van der Waals surface area contributed by atoms with Crippen molar-refractivity contribution in [2.45, 2.75) is 19.8 Å². The van der Waals surface area contributed by atoms with Crippen LogP contribution in [0.5, 0.6) is 0 Å². The minimum absolute atomic E-state index is 0.284. The summed E-state index contributed by atoms with van der Waals surface area (Å²) in [5, 5.41) is 0. The van der Waals surface area contributed by atoms with Gasteiger partial charge in [-0.2, -0.15) is 0 Å². The molecular weight excluding hydrogens is 319 g/mol. The van der Waals surface area contributed by atoms with Crippen LogP contribution in [0.3, 0.4) is 0 Å². The van der Waals surface area contributed by atoms with Crippen molar-refractivity contribution in [2.75, 3.05) is 17.2 Å². The Labute approximate surface area is 126 Å². The van der Waals surface area contributed by atoms with Crippen LogP contribution >= 0.6 is 15.9 Å². The van der Waals surface area contributed by atoms with Crippen LogP contribution in [0.25, 0.3) is 0 Å². The third kappa shape index (κ3) is 2.29. The number of halogens is 2. The second kappa shape index (κ2) is 5.09. The monoisotopic (exact) mass is 334 g/mol. The average Bonchev–Trinajstić information content (AvgIpc) is 2.42. The molecule has 1 heterocycles. The maximum Gasteiger partial charge on any atom is 0.139 e. The molecule has 2 nitrogen and oxygen atoms in total. The van der Waals surface area contributed by atoms with Crippen molar-refractivity contribution in [3.8, 4) is 0 Å². The van der Waals surface area contributed by atoms with Gasteiger partial charge in [-0.1, -0.05) is 17.7 Å². The van der Waals surface area contributed by atoms with E-state index in [0.717, 1.165) is 30.8 Å². The SMILES string of the molecule is Cc1ccc2c(c1)CCCN2c1cc(F)c(Br)cc1N. The van der Waals surface area contributed by atoms with Crippen LogP contribution in [-0.2, 0) is 6.42 Å². The van der Waals surface area contributed by atoms with Crippen LogP contribution < -0.4 is 10.6 Å². The van der Waals surface area contributed by atoms with E-state index in [4.69, 9.17) is 5.73 Å². The molecule has 2 aromatic carbocycles. The molecule has 0 saturated heterocycles. The quantitative estimate of drug-likeness (QED) is 0.774. The molecular formula is C16H16BrFN2. The summed E-state index contributed by atoms with van der Waals surface area (Å²) in [7, 11) is 0. The molecule has 0 radical (unpaired) electrons. The number of nitrogens with two attached hydrogens (primary N) is 1. The second-order valence-electron chi connectivity index (χ2n) is 5.21. The highest BCUT2D eigenvalue weighted by Crippen LogP contribution is 2.38. The minimum Gasteiger partial charge on any atom is -0.397 e. The van der Waals surface area contributed by atoms with Gasteiger partial charge in [-0.05, 0) is 53.4 Å². The maximum atomic E-state index is 13.8. The van der Waals surface area contributed by atoms with Gasteiger partial charge in [-0.15, -0.1) is 0 Å². The van der Waals surface area contributed by atoms with Crippen molar-refractivity contribution in [2.24, 2.45) is 0 Å². The Kier molecular flexibility index (Phi) is 3.42. The maximum absolute atomic E-state index is 13.8. The van der Waals surface area contributed by atoms with Gasteiger partial charge in [0.1, 0.15) is 5.82 Å². The zero-order valence-corrected chi connectivity index (χ0v) is 12.9. The van der Waals surface area contributed by atoms with Crippen molar-refractivity contribution in [3.05, 3.63) is 51.7 Å². The molecule has 0 atom stereocenters. The predicted molar refractivity (Wildman–Crippen MR) is 85.0 cm³/mol. The standard InChI is InChI=1S/C16H16BrFN2/c1-10-4-5-15-11(7-10)3-2-6-20(15)16-9-13(18)12(17)8-14(16)19/h4-5,7-9H,2-3,6,19H2,1H3. The van der Waals surface area contributed by atoms with Gasteiger partial charge < -0.3 is 10.6 Å². The van der Waals surface area contributed by atoms with Crippen LogP contribution in [0, 0.1) is 12.7 Å². The van der Waals surface area contributed by atoms with E-state index in [1.54, 1.807) is 6.07 Å². The van der Waals surface area contributed by atoms with E-state index in [1.807, 2.05) is 0 Å². The predicted octanol–water partition coefficient (Wildman–Crippen LogP) is 4.56. The minimum atomic E-state index is -0.284. The molecule has 0 fully saturated rings. The highest BCUT2D eigenvalue weighted by Gasteiger charge is 2.21. The Morgan fingerprint density at radius 2 is 2.00 bits per heavy atom. The molecule has 0 unspecified atom stereocenters. The van der Waals surface area contributed by atoms with E-state index < -0.39 is 0 Å². The average molecular weight is 335 g/mol. The molecule has 0 amide bonds. The lowest BCUT2D eigenvalue weighted by atomic mass is 9.99. The van der Waals surface area contributed by atoms with Crippen molar-refractivity contribution in [1.82, 2.24) is 0 Å². The first-order valence-corrected chi connectivity index (χ1v) is 7.47. The molecule has 4 heteroatoms. The first-order valence-electron chi connectivity index (χ1n) is 6.68. The molecule has 3 rings (SSSR count). The summed E-state index contributed by atoms with van der Waals surface area (Å²) in [5.41, 5.74) is 11.1. The summed E-state index contributed by atoms with van der Waals surface area (Å²) >= 11 is 3.17. The third-order valence-electron chi connectivity index (χ3n) is 3.71. The Morgan fingerprint density at radius 1 is 1.20 bits per heavy atom. The van der Waals surface area contributed by atoms with Crippen LogP contribution in [0.1, 0.15) is 17.5 Å². The number of hydrogen-bond acceptors (Lipinski definition) is 2. The van der Waals surface area contributed by atoms with E-state index >= 15 is 0 Å². The second-order valence-corrected chi connectivity index (χ2v) is 6.07. The van der Waals surface area contributed by atoms with Crippen LogP contribution in [0.15, 0.2) is 34.8 Å². The molecule has 104 valence electrons. The summed E-state index contributed by atoms with van der Waals surface area (Å²) in [5.74, 6) is -0.284. The summed E-state index contributed by atoms with van der Waals surface area (Å²) in [6.07, 6.45) is 2.11. The zero-order chi connectivity index (χ0) is 14.3. The van der Waals surface area contributed by atoms with E-state index in [-0.39, 0.29) is 5.82 Å². The van der Waals surface area contributed by atoms with Crippen LogP contribution in [-0.4, -0.2) is 6.54 Å². The fourth-order valence-electron chi connectivity index (χ4n) is 2.76. The Morgan fingerprint density at radius 3 is 2.80 bits per heavy atom. The molecule has 20 heavy (non-hydrogen) atoms. The summed E-state index contributed by atoms with van der Waals surface area (Å²) in [4.78, 5) is 2.11. The number of aryl methyl sites for hydroxylation is 2. The van der Waals surface area contributed by atoms with Gasteiger partial charge in [-0.3, -0.25) is 0 Å². The highest BCUT2D eigenvalue weighted by molar-refractivity contribution is 9.10. The molecule has 0 saturated carbocycles. The van der Waals surface area contributed by atoms with Gasteiger partial charge in [0.2, 0.25) is 0 Å². The lowest BCUT2D eigenvalue weighted by Gasteiger charge is -2.32. The van der Waals surface area contributed by atoms with Gasteiger partial charge in [0.05, 0.1) is 15.8 Å². The van der Waals surface area contributed by atoms with Crippen molar-refractivity contribution in [3.63, 3.8) is 0 Å². The fourth-order valence-corrected chi connectivity index (χ4v) is 3.12. The molecule has 0 bridgehead atoms. The topological polar surface area (TPSA) is 29.3 Å². The van der Waals surface area contributed by atoms with Crippen LogP contribution in [0.2, 0.25) is 0 Å². The largest absolute Gasteiger partial charge is 0.397 e. The van der Waals surface area contributed by atoms with Crippen LogP contribution in [0.4, 0.5) is 21.5 Å². The van der Waals surface area contributed by atoms with Crippen molar-refractivity contribution >= 4 is 33.0 Å². The normalized spacial score (nSPS) is 14.2. The Balaban J connectivity index is 2.11. The Hall–Kier alpha value is -1.55. The number of fused-ring (bicyclic) bond motifs is 1. The molecule has 1 aliphatic heterocycles. The number of nitrogens with zero attached hydrogens (tertiary/aromatic N) is 1. The number of benzene rings is 2. The molecule has 2 aromatic rings. The molecule has 0 aliphatic carbocycles. The number of anilines is 3. The van der Waals surface area contributed by atoms with E-state index in [9.17, 15) is 4.39 Å². The highest BCUT2D eigenvalue weighted by atomic mass is 79.9. The molecule has 2 N–H and O–H groups in total. The van der Waals surface area contributed by atoms with Crippen molar-refractivity contribution < 1.29 is 4.39 Å². The zero-order valence-electron chi connectivity index (χ0n) is 11.3. The van der Waals surface area contributed by atoms with Gasteiger partial charge in [0.15, 0.2) is 0 Å². The Bertz CT molecular complexity index is 670. The fraction of sp³-hybridized carbons (Fsp3) is 0.250. The van der Waals surface area contributed by atoms with E-state index in [2.05, 4.69) is 46.0 Å². The third-order valence-corrected chi connectivity index (χ3v) is 4.32. The molecule has 0 aromatic heterocycles. The first-order chi connectivity index (χ1) is 9.56. The van der Waals surface area contributed by atoms with Gasteiger partial charge in [-0.25, -0.2) is 4.39 Å². The van der Waals surface area contributed by atoms with Crippen molar-refractivity contribution in [1.29, 1.82) is 0 Å². The summed E-state index contributed by atoms with van der Waals surface area (Å²) < 4.78 is 14.2. The molecule has 0 spiro atoms. The van der Waals surface area contributed by atoms with E-state index in [0.29, 0.717) is 10.2 Å². The van der Waals surface area contributed by atoms with E-state index in [1.165, 1.54) is 17.2 Å². The summed E-state index contributed by atoms with van der Waals surface area (Å²) in [6.45, 7) is 2.95. The number of rotatable bonds is 1. The first kappa shape index (κ1) is 13.4. The molecule has 1 aliphatic rings. The lowest BCUT2D eigenvalue weighted by Crippen LogP contribution is -2.25. The number of nitrogen functional groups attached to an aromatic ring is 1. The summed E-state index contributed by atoms with van der Waals surface area (Å²) in [6, 6.07) is 9.53. The van der Waals surface area contributed by atoms with Gasteiger partial charge >= 0.3 is 0 Å².